The molecule has 1 aliphatic heterocycles. The predicted molar refractivity (Wildman–Crippen MR) is 98.9 cm³/mol. The van der Waals surface area contributed by atoms with E-state index in [9.17, 15) is 19.5 Å². The minimum absolute atomic E-state index is 0.140. The number of nitrogens with zero attached hydrogens (tertiary/aromatic N) is 3. The lowest BCUT2D eigenvalue weighted by molar-refractivity contribution is -0.141. The molecule has 1 aliphatic rings. The first-order valence-electron chi connectivity index (χ1n) is 8.55. The maximum atomic E-state index is 12.4. The van der Waals surface area contributed by atoms with E-state index in [0.29, 0.717) is 12.8 Å². The minimum Gasteiger partial charge on any atom is -0.481 e. The fourth-order valence-corrected chi connectivity index (χ4v) is 4.04. The van der Waals surface area contributed by atoms with Gasteiger partial charge in [-0.25, -0.2) is 4.79 Å². The maximum absolute atomic E-state index is 12.4. The number of pyridine rings is 1. The van der Waals surface area contributed by atoms with Crippen LogP contribution in [0, 0.1) is 5.92 Å². The number of likely N-dealkylation sites (N-methyl/N-ethyl adjacent to an activating group) is 1. The van der Waals surface area contributed by atoms with Crippen LogP contribution in [0.3, 0.4) is 0 Å². The summed E-state index contributed by atoms with van der Waals surface area (Å²) in [5, 5.41) is 9.42. The fourth-order valence-electron chi connectivity index (χ4n) is 2.92. The number of carboxylic acids is 1. The standard InChI is InChI=1S/C18H25N3O4S/c1-12(26-13-7-9-19-10-8-13)14(15(22)23)6-5-11-21-16(24)18(2,3)20(4)17(21)25/h7-10,12,14H,5-6,11H2,1-4H3,(H,22,23). The van der Waals surface area contributed by atoms with Gasteiger partial charge >= 0.3 is 12.0 Å². The minimum atomic E-state index is -0.865. The van der Waals surface area contributed by atoms with Gasteiger partial charge in [-0.05, 0) is 38.8 Å². The van der Waals surface area contributed by atoms with Crippen LogP contribution in [0.2, 0.25) is 0 Å². The van der Waals surface area contributed by atoms with Crippen molar-refractivity contribution in [1.29, 1.82) is 0 Å². The number of hydrogen-bond donors (Lipinski definition) is 1. The molecule has 3 amide bonds. The smallest absolute Gasteiger partial charge is 0.327 e. The number of hydrogen-bond acceptors (Lipinski definition) is 5. The van der Waals surface area contributed by atoms with Crippen LogP contribution in [-0.2, 0) is 9.59 Å². The lowest BCUT2D eigenvalue weighted by Gasteiger charge is -2.22. The van der Waals surface area contributed by atoms with Crippen LogP contribution in [0.15, 0.2) is 29.4 Å². The Kier molecular flexibility index (Phi) is 6.28. The second kappa shape index (κ2) is 8.07. The summed E-state index contributed by atoms with van der Waals surface area (Å²) in [7, 11) is 1.60. The molecule has 1 aromatic heterocycles. The fraction of sp³-hybridized carbons (Fsp3) is 0.556. The highest BCUT2D eigenvalue weighted by Crippen LogP contribution is 2.31. The van der Waals surface area contributed by atoms with Crippen molar-refractivity contribution < 1.29 is 19.5 Å². The first kappa shape index (κ1) is 20.2. The Morgan fingerprint density at radius 1 is 1.31 bits per heavy atom. The largest absolute Gasteiger partial charge is 0.481 e. The highest BCUT2D eigenvalue weighted by atomic mass is 32.2. The van der Waals surface area contributed by atoms with Crippen molar-refractivity contribution in [2.45, 2.75) is 49.3 Å². The van der Waals surface area contributed by atoms with E-state index >= 15 is 0 Å². The van der Waals surface area contributed by atoms with Gasteiger partial charge in [0.2, 0.25) is 0 Å². The average molecular weight is 379 g/mol. The SMILES string of the molecule is CC(Sc1ccncc1)C(CCCN1C(=O)N(C)C(C)(C)C1=O)C(=O)O. The first-order valence-corrected chi connectivity index (χ1v) is 9.43. The third-order valence-corrected chi connectivity index (χ3v) is 6.12. The summed E-state index contributed by atoms with van der Waals surface area (Å²) in [6.45, 7) is 5.54. The van der Waals surface area contributed by atoms with Gasteiger partial charge in [0, 0.05) is 36.1 Å². The number of imide groups is 1. The van der Waals surface area contributed by atoms with Crippen molar-refractivity contribution in [3.05, 3.63) is 24.5 Å². The van der Waals surface area contributed by atoms with Crippen LogP contribution in [0.25, 0.3) is 0 Å². The van der Waals surface area contributed by atoms with E-state index in [0.717, 1.165) is 4.90 Å². The molecule has 1 saturated heterocycles. The molecule has 0 bridgehead atoms. The third kappa shape index (κ3) is 4.17. The summed E-state index contributed by atoms with van der Waals surface area (Å²) in [5.74, 6) is -1.67. The van der Waals surface area contributed by atoms with Gasteiger partial charge in [-0.2, -0.15) is 0 Å². The Labute approximate surface area is 157 Å². The molecule has 26 heavy (non-hydrogen) atoms. The molecule has 2 unspecified atom stereocenters. The summed E-state index contributed by atoms with van der Waals surface area (Å²) < 4.78 is 0. The molecule has 0 aromatic carbocycles. The monoisotopic (exact) mass is 379 g/mol. The number of carbonyl (C=O) groups is 3. The van der Waals surface area contributed by atoms with Crippen LogP contribution >= 0.6 is 11.8 Å². The van der Waals surface area contributed by atoms with Gasteiger partial charge in [-0.3, -0.25) is 19.5 Å². The van der Waals surface area contributed by atoms with E-state index in [1.54, 1.807) is 33.3 Å². The lowest BCUT2D eigenvalue weighted by atomic mass is 9.99. The number of thioether (sulfide) groups is 1. The number of aromatic nitrogens is 1. The van der Waals surface area contributed by atoms with E-state index in [-0.39, 0.29) is 23.7 Å². The molecule has 2 heterocycles. The normalized spacial score (nSPS) is 18.9. The highest BCUT2D eigenvalue weighted by Gasteiger charge is 2.48. The number of carboxylic acid groups (broad SMARTS) is 1. The predicted octanol–water partition coefficient (Wildman–Crippen LogP) is 2.72. The third-order valence-electron chi connectivity index (χ3n) is 4.88. The molecule has 2 rings (SSSR count). The van der Waals surface area contributed by atoms with Gasteiger partial charge in [0.1, 0.15) is 5.54 Å². The first-order chi connectivity index (χ1) is 12.2. The van der Waals surface area contributed by atoms with E-state index < -0.39 is 17.4 Å². The van der Waals surface area contributed by atoms with Crippen LogP contribution in [-0.4, -0.2) is 62.2 Å². The number of urea groups is 1. The van der Waals surface area contributed by atoms with Crippen LogP contribution in [0.1, 0.15) is 33.6 Å². The summed E-state index contributed by atoms with van der Waals surface area (Å²) in [4.78, 5) is 43.8. The van der Waals surface area contributed by atoms with Gasteiger partial charge in [-0.1, -0.05) is 6.92 Å². The zero-order valence-electron chi connectivity index (χ0n) is 15.5. The Morgan fingerprint density at radius 2 is 1.92 bits per heavy atom. The van der Waals surface area contributed by atoms with Gasteiger partial charge in [0.05, 0.1) is 5.92 Å². The molecular weight excluding hydrogens is 354 g/mol. The molecule has 1 aromatic rings. The summed E-state index contributed by atoms with van der Waals surface area (Å²) in [5.41, 5.74) is -0.853. The summed E-state index contributed by atoms with van der Waals surface area (Å²) in [6, 6.07) is 3.37. The molecule has 0 spiro atoms. The average Bonchev–Trinajstić information content (AvgIpc) is 2.73. The number of rotatable bonds is 8. The van der Waals surface area contributed by atoms with Gasteiger partial charge < -0.3 is 10.0 Å². The number of amides is 3. The van der Waals surface area contributed by atoms with Crippen molar-refractivity contribution >= 4 is 29.7 Å². The zero-order chi connectivity index (χ0) is 19.5. The molecule has 7 nitrogen and oxygen atoms in total. The van der Waals surface area contributed by atoms with Gasteiger partial charge in [0.15, 0.2) is 0 Å². The summed E-state index contributed by atoms with van der Waals surface area (Å²) >= 11 is 1.49. The van der Waals surface area contributed by atoms with Crippen molar-refractivity contribution in [2.24, 2.45) is 5.92 Å². The quantitative estimate of drug-likeness (QED) is 0.552. The van der Waals surface area contributed by atoms with Gasteiger partial charge in [-0.15, -0.1) is 11.8 Å². The molecule has 0 radical (unpaired) electrons. The lowest BCUT2D eigenvalue weighted by Crippen LogP contribution is -2.41. The molecule has 1 fully saturated rings. The Balaban J connectivity index is 1.94. The highest BCUT2D eigenvalue weighted by molar-refractivity contribution is 8.00. The number of aliphatic carboxylic acids is 1. The molecule has 0 aliphatic carbocycles. The second-order valence-electron chi connectivity index (χ2n) is 6.95. The van der Waals surface area contributed by atoms with Crippen molar-refractivity contribution in [2.75, 3.05) is 13.6 Å². The topological polar surface area (TPSA) is 90.8 Å². The molecular formula is C18H25N3O4S. The maximum Gasteiger partial charge on any atom is 0.327 e. The van der Waals surface area contributed by atoms with E-state index in [4.69, 9.17) is 0 Å². The molecule has 8 heteroatoms. The van der Waals surface area contributed by atoms with Crippen molar-refractivity contribution in [3.63, 3.8) is 0 Å². The van der Waals surface area contributed by atoms with Crippen LogP contribution < -0.4 is 0 Å². The summed E-state index contributed by atoms with van der Waals surface area (Å²) in [6.07, 6.45) is 4.21. The van der Waals surface area contributed by atoms with Crippen LogP contribution in [0.5, 0.6) is 0 Å². The van der Waals surface area contributed by atoms with Crippen molar-refractivity contribution in [1.82, 2.24) is 14.8 Å². The molecule has 0 saturated carbocycles. The molecule has 2 atom stereocenters. The second-order valence-corrected chi connectivity index (χ2v) is 8.40. The molecule has 1 N–H and O–H groups in total. The zero-order valence-corrected chi connectivity index (χ0v) is 16.3. The van der Waals surface area contributed by atoms with E-state index in [2.05, 4.69) is 4.98 Å². The van der Waals surface area contributed by atoms with Gasteiger partial charge in [0.25, 0.3) is 5.91 Å². The molecule has 142 valence electrons. The Morgan fingerprint density at radius 3 is 2.42 bits per heavy atom. The van der Waals surface area contributed by atoms with E-state index in [1.165, 1.54) is 21.6 Å². The van der Waals surface area contributed by atoms with Crippen LogP contribution in [0.4, 0.5) is 4.79 Å². The number of carbonyl (C=O) groups excluding carboxylic acids is 2. The Bertz CT molecular complexity index is 680. The van der Waals surface area contributed by atoms with E-state index in [1.807, 2.05) is 19.1 Å². The van der Waals surface area contributed by atoms with Crippen molar-refractivity contribution in [3.8, 4) is 0 Å². The Hall–Kier alpha value is -2.09.